The van der Waals surface area contributed by atoms with Gasteiger partial charge in [0, 0.05) is 6.54 Å². The summed E-state index contributed by atoms with van der Waals surface area (Å²) in [7, 11) is 0. The lowest BCUT2D eigenvalue weighted by molar-refractivity contribution is 0.334. The molecular formula is C4H7FN2. The lowest BCUT2D eigenvalue weighted by Gasteiger charge is -2.08. The SMILES string of the molecule is FC1CN=CNC1. The van der Waals surface area contributed by atoms with Crippen molar-refractivity contribution in [3.8, 4) is 0 Å². The van der Waals surface area contributed by atoms with E-state index >= 15 is 0 Å². The second-order valence-electron chi connectivity index (χ2n) is 1.50. The van der Waals surface area contributed by atoms with Crippen molar-refractivity contribution in [1.29, 1.82) is 0 Å². The molecule has 2 nitrogen and oxygen atoms in total. The van der Waals surface area contributed by atoms with Gasteiger partial charge < -0.3 is 5.32 Å². The fourth-order valence-corrected chi connectivity index (χ4v) is 0.477. The van der Waals surface area contributed by atoms with E-state index in [-0.39, 0.29) is 0 Å². The number of hydrogen-bond donors (Lipinski definition) is 1. The maximum Gasteiger partial charge on any atom is 0.137 e. The van der Waals surface area contributed by atoms with Crippen molar-refractivity contribution in [3.63, 3.8) is 0 Å². The van der Waals surface area contributed by atoms with Crippen molar-refractivity contribution in [3.05, 3.63) is 0 Å². The minimum absolute atomic E-state index is 0.326. The van der Waals surface area contributed by atoms with E-state index < -0.39 is 6.17 Å². The van der Waals surface area contributed by atoms with Crippen LogP contribution < -0.4 is 5.32 Å². The molecule has 1 unspecified atom stereocenters. The van der Waals surface area contributed by atoms with Crippen molar-refractivity contribution >= 4 is 6.34 Å². The van der Waals surface area contributed by atoms with Gasteiger partial charge in [-0.3, -0.25) is 4.99 Å². The van der Waals surface area contributed by atoms with Gasteiger partial charge in [0.2, 0.25) is 0 Å². The van der Waals surface area contributed by atoms with E-state index in [4.69, 9.17) is 0 Å². The van der Waals surface area contributed by atoms with Crippen molar-refractivity contribution in [2.45, 2.75) is 6.17 Å². The summed E-state index contributed by atoms with van der Waals surface area (Å²) < 4.78 is 12.0. The van der Waals surface area contributed by atoms with Crippen LogP contribution in [0.25, 0.3) is 0 Å². The largest absolute Gasteiger partial charge is 0.373 e. The number of rotatable bonds is 0. The van der Waals surface area contributed by atoms with Crippen molar-refractivity contribution in [1.82, 2.24) is 5.32 Å². The normalized spacial score (nSPS) is 29.6. The number of aliphatic imine (C=N–C) groups is 1. The fraction of sp³-hybridized carbons (Fsp3) is 0.750. The van der Waals surface area contributed by atoms with Gasteiger partial charge in [0.05, 0.1) is 12.9 Å². The molecule has 0 saturated carbocycles. The van der Waals surface area contributed by atoms with Crippen molar-refractivity contribution in [2.24, 2.45) is 4.99 Å². The molecule has 0 aromatic rings. The Kier molecular flexibility index (Phi) is 1.24. The highest BCUT2D eigenvalue weighted by Gasteiger charge is 2.05. The van der Waals surface area contributed by atoms with Gasteiger partial charge >= 0.3 is 0 Å². The zero-order valence-electron chi connectivity index (χ0n) is 3.89. The molecular weight excluding hydrogens is 95.1 g/mol. The molecule has 0 aliphatic carbocycles. The van der Waals surface area contributed by atoms with Crippen LogP contribution in [0, 0.1) is 0 Å². The van der Waals surface area contributed by atoms with Gasteiger partial charge in [-0.05, 0) is 0 Å². The van der Waals surface area contributed by atoms with Gasteiger partial charge in [-0.25, -0.2) is 4.39 Å². The standard InChI is InChI=1S/C4H7FN2/c5-4-1-6-3-7-2-4/h3-4H,1-2H2,(H,6,7). The average molecular weight is 102 g/mol. The van der Waals surface area contributed by atoms with Crippen LogP contribution in [0.15, 0.2) is 4.99 Å². The Balaban J connectivity index is 2.32. The molecule has 1 rings (SSSR count). The van der Waals surface area contributed by atoms with Gasteiger partial charge in [-0.1, -0.05) is 0 Å². The minimum Gasteiger partial charge on any atom is -0.373 e. The van der Waals surface area contributed by atoms with Crippen LogP contribution in [0.3, 0.4) is 0 Å². The number of alkyl halides is 1. The summed E-state index contributed by atoms with van der Waals surface area (Å²) in [6.45, 7) is 0.747. The van der Waals surface area contributed by atoms with Crippen LogP contribution in [-0.2, 0) is 0 Å². The second kappa shape index (κ2) is 1.91. The van der Waals surface area contributed by atoms with Crippen LogP contribution >= 0.6 is 0 Å². The third-order valence-corrected chi connectivity index (χ3v) is 0.825. The smallest absolute Gasteiger partial charge is 0.137 e. The van der Waals surface area contributed by atoms with E-state index in [9.17, 15) is 4.39 Å². The molecule has 1 aliphatic rings. The highest BCUT2D eigenvalue weighted by Crippen LogP contribution is 1.90. The Labute approximate surface area is 41.4 Å². The summed E-state index contributed by atoms with van der Waals surface area (Å²) >= 11 is 0. The van der Waals surface area contributed by atoms with Crippen LogP contribution in [0.5, 0.6) is 0 Å². The average Bonchev–Trinajstić information content (AvgIpc) is 1.69. The lowest BCUT2D eigenvalue weighted by Crippen LogP contribution is -2.29. The zero-order valence-corrected chi connectivity index (χ0v) is 3.89. The summed E-state index contributed by atoms with van der Waals surface area (Å²) in [5.41, 5.74) is 0. The first-order valence-electron chi connectivity index (χ1n) is 2.25. The Bertz CT molecular complexity index is 81.8. The first-order chi connectivity index (χ1) is 3.39. The maximum atomic E-state index is 12.0. The third-order valence-electron chi connectivity index (χ3n) is 0.825. The molecule has 1 heterocycles. The summed E-state index contributed by atoms with van der Waals surface area (Å²) in [6, 6.07) is 0. The Morgan fingerprint density at radius 1 is 1.86 bits per heavy atom. The molecule has 0 aromatic carbocycles. The molecule has 0 fully saturated rings. The van der Waals surface area contributed by atoms with Gasteiger partial charge in [0.15, 0.2) is 0 Å². The van der Waals surface area contributed by atoms with Crippen molar-refractivity contribution < 1.29 is 4.39 Å². The number of halogens is 1. The molecule has 0 amide bonds. The summed E-state index contributed by atoms with van der Waals surface area (Å²) in [4.78, 5) is 3.65. The number of nitrogens with one attached hydrogen (secondary N) is 1. The van der Waals surface area contributed by atoms with Crippen LogP contribution in [0.2, 0.25) is 0 Å². The molecule has 0 radical (unpaired) electrons. The summed E-state index contributed by atoms with van der Waals surface area (Å²) in [5.74, 6) is 0. The molecule has 3 heteroatoms. The fourth-order valence-electron chi connectivity index (χ4n) is 0.477. The molecule has 0 saturated heterocycles. The third kappa shape index (κ3) is 1.14. The predicted molar refractivity (Wildman–Crippen MR) is 26.3 cm³/mol. The van der Waals surface area contributed by atoms with E-state index in [1.165, 1.54) is 6.34 Å². The number of nitrogens with zero attached hydrogens (tertiary/aromatic N) is 1. The monoisotopic (exact) mass is 102 g/mol. The highest BCUT2D eigenvalue weighted by atomic mass is 19.1. The molecule has 0 aromatic heterocycles. The van der Waals surface area contributed by atoms with Gasteiger partial charge in [0.1, 0.15) is 6.17 Å². The first kappa shape index (κ1) is 4.56. The molecule has 1 N–H and O–H groups in total. The van der Waals surface area contributed by atoms with E-state index in [0.717, 1.165) is 0 Å². The Morgan fingerprint density at radius 2 is 2.71 bits per heavy atom. The van der Waals surface area contributed by atoms with Crippen molar-refractivity contribution in [2.75, 3.05) is 13.1 Å². The van der Waals surface area contributed by atoms with E-state index in [2.05, 4.69) is 10.3 Å². The van der Waals surface area contributed by atoms with Gasteiger partial charge in [0.25, 0.3) is 0 Å². The molecule has 1 aliphatic heterocycles. The topological polar surface area (TPSA) is 24.4 Å². The van der Waals surface area contributed by atoms with Gasteiger partial charge in [-0.2, -0.15) is 0 Å². The molecule has 40 valence electrons. The van der Waals surface area contributed by atoms with Crippen LogP contribution in [-0.4, -0.2) is 25.6 Å². The maximum absolute atomic E-state index is 12.0. The van der Waals surface area contributed by atoms with E-state index in [1.54, 1.807) is 0 Å². The molecule has 7 heavy (non-hydrogen) atoms. The summed E-state index contributed by atoms with van der Waals surface area (Å²) in [6.07, 6.45) is 0.765. The molecule has 1 atom stereocenters. The first-order valence-corrected chi connectivity index (χ1v) is 2.25. The number of hydrogen-bond acceptors (Lipinski definition) is 2. The van der Waals surface area contributed by atoms with Crippen LogP contribution in [0.1, 0.15) is 0 Å². The minimum atomic E-state index is -0.773. The zero-order chi connectivity index (χ0) is 5.11. The van der Waals surface area contributed by atoms with Gasteiger partial charge in [-0.15, -0.1) is 0 Å². The Morgan fingerprint density at radius 3 is 3.00 bits per heavy atom. The quantitative estimate of drug-likeness (QED) is 0.456. The molecule has 0 spiro atoms. The highest BCUT2D eigenvalue weighted by molar-refractivity contribution is 5.55. The van der Waals surface area contributed by atoms with E-state index in [1.807, 2.05) is 0 Å². The second-order valence-corrected chi connectivity index (χ2v) is 1.50. The Hall–Kier alpha value is -0.600. The summed E-state index contributed by atoms with van der Waals surface area (Å²) in [5, 5.41) is 2.67. The van der Waals surface area contributed by atoms with E-state index in [0.29, 0.717) is 13.1 Å². The predicted octanol–water partition coefficient (Wildman–Crippen LogP) is -0.0440. The van der Waals surface area contributed by atoms with Crippen LogP contribution in [0.4, 0.5) is 4.39 Å². The molecule has 0 bridgehead atoms. The lowest BCUT2D eigenvalue weighted by atomic mass is 10.4.